The van der Waals surface area contributed by atoms with Crippen LogP contribution in [-0.2, 0) is 0 Å². The van der Waals surface area contributed by atoms with Gasteiger partial charge >= 0.3 is 219 Å². The molecule has 2 aliphatic rings. The Labute approximate surface area is 219 Å². The maximum atomic E-state index is 9.87. The van der Waals surface area contributed by atoms with Crippen LogP contribution in [0, 0.1) is 0 Å². The van der Waals surface area contributed by atoms with Gasteiger partial charge in [0.05, 0.1) is 0 Å². The Kier molecular flexibility index (Phi) is 7.86. The van der Waals surface area contributed by atoms with Gasteiger partial charge in [-0.3, -0.25) is 0 Å². The molecule has 0 amide bonds. The van der Waals surface area contributed by atoms with E-state index in [1.807, 2.05) is 0 Å². The predicted molar refractivity (Wildman–Crippen MR) is 145 cm³/mol. The van der Waals surface area contributed by atoms with Gasteiger partial charge in [-0.05, 0) is 0 Å². The van der Waals surface area contributed by atoms with Crippen LogP contribution in [0.15, 0.2) is 101 Å². The monoisotopic (exact) mass is 604 g/mol. The van der Waals surface area contributed by atoms with Gasteiger partial charge in [-0.25, -0.2) is 0 Å². The minimum atomic E-state index is -10.7. The van der Waals surface area contributed by atoms with Gasteiger partial charge in [-0.2, -0.15) is 0 Å². The summed E-state index contributed by atoms with van der Waals surface area (Å²) in [6, 6.07) is 19.6. The standard InChI is InChI=1S/C27H27N2Se.F6P/c1-28(2)24-14-10-21(11-15-24)26-18-23(20-8-6-5-7-9-20)19-27(30-26)22-12-16-25(17-13-22)29(3)4;1-7(2,3,4,5)6/h5-19H,1-4H3;/q+1;-1. The molecule has 2 aromatic rings. The molecule has 1 aliphatic heterocycles. The molecule has 198 valence electrons. The van der Waals surface area contributed by atoms with Crippen LogP contribution in [0.4, 0.5) is 30.9 Å². The summed E-state index contributed by atoms with van der Waals surface area (Å²) >= 11 is 0.248. The number of hydrogen-bond donors (Lipinski definition) is 0. The molecule has 0 atom stereocenters. The summed E-state index contributed by atoms with van der Waals surface area (Å²) in [4.78, 5) is 2.14. The van der Waals surface area contributed by atoms with Crippen molar-refractivity contribution in [3.63, 3.8) is 0 Å². The van der Waals surface area contributed by atoms with Crippen LogP contribution in [-0.4, -0.2) is 53.4 Å². The number of nitrogens with zero attached hydrogens (tertiary/aromatic N) is 2. The Hall–Kier alpha value is -2.86. The SMILES string of the molecule is CN(C)c1ccc(C2=CC(c3ccccc3)=CC(=C3C=CC(=[N+](C)C)C=C3)[Se]2)cc1.F[P-](F)(F)(F)(F)F. The maximum absolute atomic E-state index is 10.7. The molecular weight excluding hydrogens is 576 g/mol. The van der Waals surface area contributed by atoms with E-state index in [1.54, 1.807) is 0 Å². The van der Waals surface area contributed by atoms with Crippen molar-refractivity contribution < 1.29 is 29.8 Å². The van der Waals surface area contributed by atoms with Crippen molar-refractivity contribution in [2.75, 3.05) is 33.1 Å². The van der Waals surface area contributed by atoms with Crippen LogP contribution >= 0.6 is 7.81 Å². The molecule has 0 fully saturated rings. The summed E-state index contributed by atoms with van der Waals surface area (Å²) in [5, 5.41) is 0. The second-order valence-electron chi connectivity index (χ2n) is 8.78. The van der Waals surface area contributed by atoms with Crippen LogP contribution in [0.5, 0.6) is 0 Å². The third-order valence-electron chi connectivity index (χ3n) is 5.24. The van der Waals surface area contributed by atoms with Crippen molar-refractivity contribution in [2.45, 2.75) is 0 Å². The molecule has 0 bridgehead atoms. The first-order chi connectivity index (χ1) is 17.0. The van der Waals surface area contributed by atoms with E-state index in [-0.39, 0.29) is 15.0 Å². The quantitative estimate of drug-likeness (QED) is 0.148. The van der Waals surface area contributed by atoms with E-state index < -0.39 is 7.81 Å². The average molecular weight is 603 g/mol. The van der Waals surface area contributed by atoms with E-state index in [0.29, 0.717) is 0 Å². The molecular formula is C27H27F6N2PSe. The van der Waals surface area contributed by atoms with Crippen LogP contribution in [0.3, 0.4) is 0 Å². The molecule has 2 nitrogen and oxygen atoms in total. The Bertz CT molecular complexity index is 1320. The minimum absolute atomic E-state index is 0.248. The fourth-order valence-electron chi connectivity index (χ4n) is 3.43. The van der Waals surface area contributed by atoms with Crippen molar-refractivity contribution in [2.24, 2.45) is 0 Å². The van der Waals surface area contributed by atoms with Gasteiger partial charge in [0, 0.05) is 0 Å². The number of benzene rings is 2. The van der Waals surface area contributed by atoms with Crippen LogP contribution < -0.4 is 4.90 Å². The van der Waals surface area contributed by atoms with Crippen molar-refractivity contribution >= 4 is 44.2 Å². The second-order valence-corrected chi connectivity index (χ2v) is 13.0. The molecule has 2 aromatic carbocycles. The third-order valence-corrected chi connectivity index (χ3v) is 7.64. The summed E-state index contributed by atoms with van der Waals surface area (Å²) in [5.74, 6) is 0. The Balaban J connectivity index is 0.000000479. The number of hydrogen-bond acceptors (Lipinski definition) is 1. The molecule has 0 radical (unpaired) electrons. The Morgan fingerprint density at radius 1 is 0.703 bits per heavy atom. The van der Waals surface area contributed by atoms with Crippen molar-refractivity contribution in [1.29, 1.82) is 0 Å². The van der Waals surface area contributed by atoms with Gasteiger partial charge in [0.1, 0.15) is 0 Å². The van der Waals surface area contributed by atoms with E-state index in [2.05, 4.69) is 129 Å². The molecule has 0 spiro atoms. The van der Waals surface area contributed by atoms with E-state index in [1.165, 1.54) is 42.6 Å². The van der Waals surface area contributed by atoms with Crippen molar-refractivity contribution in [1.82, 2.24) is 0 Å². The zero-order valence-corrected chi connectivity index (χ0v) is 23.3. The first kappa shape index (κ1) is 28.7. The van der Waals surface area contributed by atoms with E-state index >= 15 is 0 Å². The number of allylic oxidation sites excluding steroid dienone is 9. The van der Waals surface area contributed by atoms with Gasteiger partial charge in [0.25, 0.3) is 0 Å². The molecule has 0 saturated carbocycles. The van der Waals surface area contributed by atoms with Gasteiger partial charge < -0.3 is 0 Å². The van der Waals surface area contributed by atoms with Crippen molar-refractivity contribution in [3.8, 4) is 0 Å². The first-order valence-electron chi connectivity index (χ1n) is 11.1. The molecule has 0 unspecified atom stereocenters. The summed E-state index contributed by atoms with van der Waals surface area (Å²) in [6.07, 6.45) is 13.7. The summed E-state index contributed by atoms with van der Waals surface area (Å²) in [5.41, 5.74) is 7.61. The van der Waals surface area contributed by atoms with Crippen LogP contribution in [0.25, 0.3) is 10.0 Å². The molecule has 1 aliphatic carbocycles. The normalized spacial score (nSPS) is 17.2. The Morgan fingerprint density at radius 3 is 1.73 bits per heavy atom. The fourth-order valence-corrected chi connectivity index (χ4v) is 5.77. The molecule has 0 aromatic heterocycles. The summed E-state index contributed by atoms with van der Waals surface area (Å²) < 4.78 is 64.2. The van der Waals surface area contributed by atoms with Crippen LogP contribution in [0.1, 0.15) is 11.1 Å². The number of anilines is 1. The summed E-state index contributed by atoms with van der Waals surface area (Å²) in [6.45, 7) is 0. The first-order valence-corrected chi connectivity index (χ1v) is 14.9. The zero-order chi connectivity index (χ0) is 27.5. The Morgan fingerprint density at radius 2 is 1.24 bits per heavy atom. The van der Waals surface area contributed by atoms with Gasteiger partial charge in [0.15, 0.2) is 0 Å². The molecule has 1 heterocycles. The van der Waals surface area contributed by atoms with Gasteiger partial charge in [0.2, 0.25) is 0 Å². The molecule has 4 rings (SSSR count). The predicted octanol–water partition coefficient (Wildman–Crippen LogP) is 8.37. The number of halogens is 6. The zero-order valence-electron chi connectivity index (χ0n) is 20.7. The molecule has 0 saturated heterocycles. The van der Waals surface area contributed by atoms with Gasteiger partial charge in [-0.15, -0.1) is 0 Å². The fraction of sp³-hybridized carbons (Fsp3) is 0.148. The van der Waals surface area contributed by atoms with E-state index in [9.17, 15) is 25.2 Å². The van der Waals surface area contributed by atoms with E-state index in [0.717, 1.165) is 0 Å². The molecule has 37 heavy (non-hydrogen) atoms. The average Bonchev–Trinajstić information content (AvgIpc) is 2.82. The van der Waals surface area contributed by atoms with Crippen molar-refractivity contribution in [3.05, 3.63) is 112 Å². The van der Waals surface area contributed by atoms with E-state index in [4.69, 9.17) is 0 Å². The third kappa shape index (κ3) is 9.84. The second kappa shape index (κ2) is 10.1. The molecule has 10 heteroatoms. The topological polar surface area (TPSA) is 6.25 Å². The summed E-state index contributed by atoms with van der Waals surface area (Å²) in [7, 11) is -2.33. The van der Waals surface area contributed by atoms with Gasteiger partial charge in [-0.1, -0.05) is 0 Å². The number of rotatable bonds is 3. The van der Waals surface area contributed by atoms with Crippen LogP contribution in [0.2, 0.25) is 0 Å². The molecule has 0 N–H and O–H groups in total.